The minimum atomic E-state index is 0. The van der Waals surface area contributed by atoms with Crippen LogP contribution in [0.1, 0.15) is 38.7 Å². The number of likely N-dealkylation sites (N-methyl/N-ethyl adjacent to an activating group) is 1. The SMILES string of the molecule is CCNC(=NCC1CCCN1CC)NCCCc1ccc(OC)cc1.I. The molecule has 148 valence electrons. The second-order valence-corrected chi connectivity index (χ2v) is 6.52. The van der Waals surface area contributed by atoms with Crippen LogP contribution in [0.4, 0.5) is 0 Å². The van der Waals surface area contributed by atoms with Gasteiger partial charge in [0.1, 0.15) is 5.75 Å². The average Bonchev–Trinajstić information content (AvgIpc) is 3.11. The summed E-state index contributed by atoms with van der Waals surface area (Å²) in [7, 11) is 1.70. The lowest BCUT2D eigenvalue weighted by molar-refractivity contribution is 0.273. The Balaban J connectivity index is 0.00000338. The fraction of sp³-hybridized carbons (Fsp3) is 0.650. The molecule has 1 aliphatic rings. The van der Waals surface area contributed by atoms with Gasteiger partial charge in [0.25, 0.3) is 0 Å². The third-order valence-corrected chi connectivity index (χ3v) is 4.80. The third kappa shape index (κ3) is 7.70. The number of guanidine groups is 1. The van der Waals surface area contributed by atoms with Crippen molar-refractivity contribution in [2.75, 3.05) is 39.8 Å². The van der Waals surface area contributed by atoms with E-state index in [1.807, 2.05) is 12.1 Å². The van der Waals surface area contributed by atoms with Crippen LogP contribution >= 0.6 is 24.0 Å². The second kappa shape index (κ2) is 13.2. The van der Waals surface area contributed by atoms with E-state index in [1.165, 1.54) is 24.9 Å². The number of nitrogens with zero attached hydrogens (tertiary/aromatic N) is 2. The Morgan fingerprint density at radius 3 is 2.65 bits per heavy atom. The number of hydrogen-bond donors (Lipinski definition) is 2. The fourth-order valence-corrected chi connectivity index (χ4v) is 3.35. The summed E-state index contributed by atoms with van der Waals surface area (Å²) in [6.07, 6.45) is 4.72. The van der Waals surface area contributed by atoms with Crippen LogP contribution in [0.3, 0.4) is 0 Å². The van der Waals surface area contributed by atoms with E-state index in [0.717, 1.165) is 50.7 Å². The quantitative estimate of drug-likeness (QED) is 0.250. The Hall–Kier alpha value is -1.02. The zero-order valence-electron chi connectivity index (χ0n) is 16.5. The third-order valence-electron chi connectivity index (χ3n) is 4.80. The minimum Gasteiger partial charge on any atom is -0.497 e. The van der Waals surface area contributed by atoms with Crippen molar-refractivity contribution >= 4 is 29.9 Å². The molecular formula is C20H35IN4O. The summed E-state index contributed by atoms with van der Waals surface area (Å²) >= 11 is 0. The highest BCUT2D eigenvalue weighted by Crippen LogP contribution is 2.16. The summed E-state index contributed by atoms with van der Waals surface area (Å²) in [5.41, 5.74) is 1.34. The first-order chi connectivity index (χ1) is 12.3. The van der Waals surface area contributed by atoms with Crippen LogP contribution in [-0.4, -0.2) is 56.7 Å². The number of ether oxygens (including phenoxy) is 1. The maximum absolute atomic E-state index is 5.20. The average molecular weight is 474 g/mol. The molecule has 0 spiro atoms. The van der Waals surface area contributed by atoms with E-state index in [1.54, 1.807) is 7.11 Å². The topological polar surface area (TPSA) is 48.9 Å². The van der Waals surface area contributed by atoms with E-state index < -0.39 is 0 Å². The maximum Gasteiger partial charge on any atom is 0.191 e. The summed E-state index contributed by atoms with van der Waals surface area (Å²) in [5, 5.41) is 6.82. The van der Waals surface area contributed by atoms with Crippen LogP contribution in [-0.2, 0) is 6.42 Å². The lowest BCUT2D eigenvalue weighted by atomic mass is 10.1. The van der Waals surface area contributed by atoms with Crippen LogP contribution in [0.15, 0.2) is 29.3 Å². The molecule has 1 aromatic carbocycles. The van der Waals surface area contributed by atoms with Gasteiger partial charge in [0.05, 0.1) is 13.7 Å². The molecule has 5 nitrogen and oxygen atoms in total. The molecule has 1 aromatic rings. The van der Waals surface area contributed by atoms with Gasteiger partial charge in [-0.05, 0) is 63.4 Å². The number of aliphatic imine (C=N–C) groups is 1. The molecule has 1 heterocycles. The highest BCUT2D eigenvalue weighted by molar-refractivity contribution is 14.0. The van der Waals surface area contributed by atoms with Crippen molar-refractivity contribution in [3.63, 3.8) is 0 Å². The summed E-state index contributed by atoms with van der Waals surface area (Å²) in [5.74, 6) is 1.86. The van der Waals surface area contributed by atoms with Crippen LogP contribution < -0.4 is 15.4 Å². The Morgan fingerprint density at radius 1 is 1.23 bits per heavy atom. The number of aryl methyl sites for hydroxylation is 1. The number of hydrogen-bond acceptors (Lipinski definition) is 3. The largest absolute Gasteiger partial charge is 0.497 e. The molecule has 0 aromatic heterocycles. The van der Waals surface area contributed by atoms with Gasteiger partial charge in [-0.3, -0.25) is 9.89 Å². The lowest BCUT2D eigenvalue weighted by Gasteiger charge is -2.21. The van der Waals surface area contributed by atoms with Gasteiger partial charge in [0, 0.05) is 19.1 Å². The molecule has 6 heteroatoms. The molecule has 0 saturated carbocycles. The van der Waals surface area contributed by atoms with Crippen LogP contribution in [0.5, 0.6) is 5.75 Å². The van der Waals surface area contributed by atoms with E-state index in [4.69, 9.17) is 9.73 Å². The molecule has 0 amide bonds. The first-order valence-corrected chi connectivity index (χ1v) is 9.66. The van der Waals surface area contributed by atoms with E-state index in [9.17, 15) is 0 Å². The molecule has 2 N–H and O–H groups in total. The Kier molecular flexibility index (Phi) is 11.7. The summed E-state index contributed by atoms with van der Waals surface area (Å²) in [4.78, 5) is 7.34. The molecule has 1 unspecified atom stereocenters. The standard InChI is InChI=1S/C20H34N4O.HI/c1-4-21-20(23-16-18-9-7-15-24(18)5-2)22-14-6-8-17-10-12-19(25-3)13-11-17;/h10-13,18H,4-9,14-16H2,1-3H3,(H2,21,22,23);1H. The van der Waals surface area contributed by atoms with Crippen molar-refractivity contribution in [1.82, 2.24) is 15.5 Å². The van der Waals surface area contributed by atoms with Crippen molar-refractivity contribution in [2.24, 2.45) is 4.99 Å². The molecule has 0 radical (unpaired) electrons. The lowest BCUT2D eigenvalue weighted by Crippen LogP contribution is -2.39. The maximum atomic E-state index is 5.20. The van der Waals surface area contributed by atoms with E-state index in [-0.39, 0.29) is 24.0 Å². The Bertz CT molecular complexity index is 521. The molecule has 0 bridgehead atoms. The van der Waals surface area contributed by atoms with Gasteiger partial charge in [-0.2, -0.15) is 0 Å². The number of nitrogens with one attached hydrogen (secondary N) is 2. The molecule has 0 aliphatic carbocycles. The normalized spacial score (nSPS) is 17.7. The molecule has 1 saturated heterocycles. The highest BCUT2D eigenvalue weighted by Gasteiger charge is 2.22. The van der Waals surface area contributed by atoms with Crippen LogP contribution in [0.2, 0.25) is 0 Å². The molecule has 1 fully saturated rings. The van der Waals surface area contributed by atoms with Gasteiger partial charge in [-0.25, -0.2) is 0 Å². The number of halogens is 1. The van der Waals surface area contributed by atoms with Gasteiger partial charge in [0.15, 0.2) is 5.96 Å². The number of rotatable bonds is 9. The zero-order valence-corrected chi connectivity index (χ0v) is 18.8. The van der Waals surface area contributed by atoms with Crippen molar-refractivity contribution < 1.29 is 4.74 Å². The Labute approximate surface area is 176 Å². The number of benzene rings is 1. The monoisotopic (exact) mass is 474 g/mol. The molecule has 1 aliphatic heterocycles. The zero-order chi connectivity index (χ0) is 17.9. The van der Waals surface area contributed by atoms with Gasteiger partial charge in [0.2, 0.25) is 0 Å². The Morgan fingerprint density at radius 2 is 2.00 bits per heavy atom. The van der Waals surface area contributed by atoms with Crippen molar-refractivity contribution in [2.45, 2.75) is 45.6 Å². The van der Waals surface area contributed by atoms with Gasteiger partial charge >= 0.3 is 0 Å². The van der Waals surface area contributed by atoms with E-state index in [0.29, 0.717) is 6.04 Å². The van der Waals surface area contributed by atoms with E-state index >= 15 is 0 Å². The first-order valence-electron chi connectivity index (χ1n) is 9.66. The van der Waals surface area contributed by atoms with Crippen LogP contribution in [0.25, 0.3) is 0 Å². The molecule has 2 rings (SSSR count). The summed E-state index contributed by atoms with van der Waals surface area (Å²) in [6.45, 7) is 9.43. The smallest absolute Gasteiger partial charge is 0.191 e. The minimum absolute atomic E-state index is 0. The van der Waals surface area contributed by atoms with Gasteiger partial charge < -0.3 is 15.4 Å². The van der Waals surface area contributed by atoms with Crippen molar-refractivity contribution in [1.29, 1.82) is 0 Å². The van der Waals surface area contributed by atoms with Crippen LogP contribution in [0, 0.1) is 0 Å². The second-order valence-electron chi connectivity index (χ2n) is 6.52. The predicted molar refractivity (Wildman–Crippen MR) is 121 cm³/mol. The predicted octanol–water partition coefficient (Wildman–Crippen LogP) is 3.29. The van der Waals surface area contributed by atoms with Crippen molar-refractivity contribution in [3.8, 4) is 5.75 Å². The summed E-state index contributed by atoms with van der Waals surface area (Å²) < 4.78 is 5.20. The number of likely N-dealkylation sites (tertiary alicyclic amines) is 1. The van der Waals surface area contributed by atoms with Gasteiger partial charge in [-0.1, -0.05) is 19.1 Å². The molecular weight excluding hydrogens is 439 g/mol. The molecule has 1 atom stereocenters. The number of methoxy groups -OCH3 is 1. The van der Waals surface area contributed by atoms with Crippen molar-refractivity contribution in [3.05, 3.63) is 29.8 Å². The van der Waals surface area contributed by atoms with E-state index in [2.05, 4.69) is 41.5 Å². The van der Waals surface area contributed by atoms with Gasteiger partial charge in [-0.15, -0.1) is 24.0 Å². The summed E-state index contributed by atoms with van der Waals surface area (Å²) in [6, 6.07) is 8.93. The molecule has 26 heavy (non-hydrogen) atoms. The highest BCUT2D eigenvalue weighted by atomic mass is 127. The fourth-order valence-electron chi connectivity index (χ4n) is 3.35. The first kappa shape index (κ1) is 23.0.